The van der Waals surface area contributed by atoms with Crippen LogP contribution in [0.15, 0.2) is 24.5 Å². The number of hydrogen-bond acceptors (Lipinski definition) is 2. The molecule has 0 aliphatic rings. The van der Waals surface area contributed by atoms with Crippen molar-refractivity contribution in [2.45, 2.75) is 25.4 Å². The zero-order valence-corrected chi connectivity index (χ0v) is 7.46. The van der Waals surface area contributed by atoms with Gasteiger partial charge >= 0.3 is 5.92 Å². The Labute approximate surface area is 75.2 Å². The lowest BCUT2D eigenvalue weighted by molar-refractivity contribution is -0.168. The standard InChI is InChI=1S/C9H11F2NO/c1-8(2,13)9(10,11)7-3-5-12-6-4-7/h3-6,13H,1-2H3. The summed E-state index contributed by atoms with van der Waals surface area (Å²) in [5, 5.41) is 9.23. The summed E-state index contributed by atoms with van der Waals surface area (Å²) < 4.78 is 26.8. The van der Waals surface area contributed by atoms with Crippen molar-refractivity contribution in [2.24, 2.45) is 0 Å². The first-order valence-corrected chi connectivity index (χ1v) is 3.86. The van der Waals surface area contributed by atoms with E-state index in [0.717, 1.165) is 13.8 Å². The normalized spacial score (nSPS) is 13.0. The summed E-state index contributed by atoms with van der Waals surface area (Å²) in [5.41, 5.74) is -2.29. The molecule has 0 saturated carbocycles. The van der Waals surface area contributed by atoms with Crippen molar-refractivity contribution in [2.75, 3.05) is 0 Å². The molecule has 2 nitrogen and oxygen atoms in total. The summed E-state index contributed by atoms with van der Waals surface area (Å²) in [6, 6.07) is 2.38. The fourth-order valence-electron chi connectivity index (χ4n) is 0.914. The predicted octanol–water partition coefficient (Wildman–Crippen LogP) is 1.94. The molecule has 1 heterocycles. The summed E-state index contributed by atoms with van der Waals surface area (Å²) in [5.74, 6) is -3.25. The van der Waals surface area contributed by atoms with Gasteiger partial charge in [-0.15, -0.1) is 0 Å². The Bertz CT molecular complexity index is 279. The number of hydrogen-bond donors (Lipinski definition) is 1. The molecule has 0 saturated heterocycles. The van der Waals surface area contributed by atoms with Crippen LogP contribution in [0.25, 0.3) is 0 Å². The first kappa shape index (κ1) is 10.1. The zero-order chi connectivity index (χ0) is 10.1. The Morgan fingerprint density at radius 3 is 2.08 bits per heavy atom. The highest BCUT2D eigenvalue weighted by atomic mass is 19.3. The number of alkyl halides is 2. The van der Waals surface area contributed by atoms with Crippen LogP contribution in [-0.2, 0) is 5.92 Å². The van der Waals surface area contributed by atoms with Crippen LogP contribution in [0.1, 0.15) is 19.4 Å². The third-order valence-corrected chi connectivity index (χ3v) is 1.81. The van der Waals surface area contributed by atoms with Crippen molar-refractivity contribution in [3.63, 3.8) is 0 Å². The molecule has 1 aromatic rings. The average Bonchev–Trinajstić information content (AvgIpc) is 2.04. The molecule has 0 spiro atoms. The summed E-state index contributed by atoms with van der Waals surface area (Å²) in [6.45, 7) is 2.15. The van der Waals surface area contributed by atoms with Gasteiger partial charge in [0.05, 0.1) is 0 Å². The van der Waals surface area contributed by atoms with E-state index < -0.39 is 11.5 Å². The second-order valence-corrected chi connectivity index (χ2v) is 3.37. The van der Waals surface area contributed by atoms with Crippen molar-refractivity contribution in [1.29, 1.82) is 0 Å². The van der Waals surface area contributed by atoms with Crippen molar-refractivity contribution in [1.82, 2.24) is 4.98 Å². The van der Waals surface area contributed by atoms with E-state index >= 15 is 0 Å². The van der Waals surface area contributed by atoms with E-state index in [2.05, 4.69) is 4.98 Å². The highest BCUT2D eigenvalue weighted by molar-refractivity contribution is 5.19. The molecule has 0 aromatic carbocycles. The van der Waals surface area contributed by atoms with E-state index in [-0.39, 0.29) is 5.56 Å². The van der Waals surface area contributed by atoms with E-state index in [0.29, 0.717) is 0 Å². The highest BCUT2D eigenvalue weighted by Gasteiger charge is 2.46. The van der Waals surface area contributed by atoms with Gasteiger partial charge in [-0.3, -0.25) is 4.98 Å². The first-order chi connectivity index (χ1) is 5.86. The summed E-state index contributed by atoms with van der Waals surface area (Å²) in [4.78, 5) is 3.63. The van der Waals surface area contributed by atoms with Gasteiger partial charge in [-0.25, -0.2) is 0 Å². The van der Waals surface area contributed by atoms with Crippen LogP contribution in [-0.4, -0.2) is 15.7 Å². The number of pyridine rings is 1. The third-order valence-electron chi connectivity index (χ3n) is 1.81. The number of halogens is 2. The minimum atomic E-state index is -3.25. The van der Waals surface area contributed by atoms with E-state index in [9.17, 15) is 13.9 Å². The van der Waals surface area contributed by atoms with Crippen molar-refractivity contribution in [3.8, 4) is 0 Å². The molecule has 1 rings (SSSR count). The van der Waals surface area contributed by atoms with Crippen LogP contribution in [0.4, 0.5) is 8.78 Å². The van der Waals surface area contributed by atoms with Gasteiger partial charge in [-0.05, 0) is 26.0 Å². The Balaban J connectivity index is 3.08. The van der Waals surface area contributed by atoms with Crippen molar-refractivity contribution in [3.05, 3.63) is 30.1 Å². The second kappa shape index (κ2) is 3.03. The van der Waals surface area contributed by atoms with Crippen LogP contribution in [0.5, 0.6) is 0 Å². The summed E-state index contributed by atoms with van der Waals surface area (Å²) in [7, 11) is 0. The highest BCUT2D eigenvalue weighted by Crippen LogP contribution is 2.37. The lowest BCUT2D eigenvalue weighted by Gasteiger charge is -2.28. The summed E-state index contributed by atoms with van der Waals surface area (Å²) >= 11 is 0. The molecule has 0 aliphatic heterocycles. The van der Waals surface area contributed by atoms with Crippen LogP contribution in [0, 0.1) is 0 Å². The largest absolute Gasteiger partial charge is 0.384 e. The number of rotatable bonds is 2. The van der Waals surface area contributed by atoms with Crippen LogP contribution < -0.4 is 0 Å². The number of nitrogens with zero attached hydrogens (tertiary/aromatic N) is 1. The SMILES string of the molecule is CC(C)(O)C(F)(F)c1ccncc1. The van der Waals surface area contributed by atoms with Crippen LogP contribution in [0.3, 0.4) is 0 Å². The minimum Gasteiger partial charge on any atom is -0.384 e. The Kier molecular flexibility index (Phi) is 2.34. The molecule has 0 atom stereocenters. The van der Waals surface area contributed by atoms with Gasteiger partial charge in [0.1, 0.15) is 5.60 Å². The molecule has 0 unspecified atom stereocenters. The molecule has 13 heavy (non-hydrogen) atoms. The molecule has 0 amide bonds. The Hall–Kier alpha value is -1.03. The fourth-order valence-corrected chi connectivity index (χ4v) is 0.914. The molecule has 0 aliphatic carbocycles. The second-order valence-electron chi connectivity index (χ2n) is 3.37. The van der Waals surface area contributed by atoms with Gasteiger partial charge in [0.25, 0.3) is 0 Å². The topological polar surface area (TPSA) is 33.1 Å². The van der Waals surface area contributed by atoms with Gasteiger partial charge in [0.2, 0.25) is 0 Å². The molecule has 0 fully saturated rings. The molecule has 1 N–H and O–H groups in total. The molecular formula is C9H11F2NO. The molecular weight excluding hydrogens is 176 g/mol. The maximum absolute atomic E-state index is 13.4. The number of aliphatic hydroxyl groups is 1. The summed E-state index contributed by atoms with van der Waals surface area (Å²) in [6.07, 6.45) is 2.55. The van der Waals surface area contributed by atoms with Crippen molar-refractivity contribution < 1.29 is 13.9 Å². The van der Waals surface area contributed by atoms with E-state index in [1.54, 1.807) is 0 Å². The zero-order valence-electron chi connectivity index (χ0n) is 7.46. The van der Waals surface area contributed by atoms with Crippen molar-refractivity contribution >= 4 is 0 Å². The average molecular weight is 187 g/mol. The van der Waals surface area contributed by atoms with Crippen LogP contribution >= 0.6 is 0 Å². The maximum atomic E-state index is 13.4. The predicted molar refractivity (Wildman–Crippen MR) is 44.4 cm³/mol. The Morgan fingerprint density at radius 1 is 1.23 bits per heavy atom. The van der Waals surface area contributed by atoms with Gasteiger partial charge in [-0.1, -0.05) is 0 Å². The Morgan fingerprint density at radius 2 is 1.69 bits per heavy atom. The molecule has 1 aromatic heterocycles. The lowest BCUT2D eigenvalue weighted by atomic mass is 9.94. The minimum absolute atomic E-state index is 0.227. The molecule has 0 radical (unpaired) electrons. The van der Waals surface area contributed by atoms with Gasteiger partial charge in [-0.2, -0.15) is 8.78 Å². The lowest BCUT2D eigenvalue weighted by Crippen LogP contribution is -2.40. The van der Waals surface area contributed by atoms with Crippen LogP contribution in [0.2, 0.25) is 0 Å². The van der Waals surface area contributed by atoms with Gasteiger partial charge in [0, 0.05) is 18.0 Å². The molecule has 0 bridgehead atoms. The van der Waals surface area contributed by atoms with Gasteiger partial charge < -0.3 is 5.11 Å². The fraction of sp³-hybridized carbons (Fsp3) is 0.444. The quantitative estimate of drug-likeness (QED) is 0.767. The number of aromatic nitrogens is 1. The molecule has 72 valence electrons. The van der Waals surface area contributed by atoms with E-state index in [1.807, 2.05) is 0 Å². The molecule has 4 heteroatoms. The third kappa shape index (κ3) is 1.83. The van der Waals surface area contributed by atoms with E-state index in [4.69, 9.17) is 0 Å². The maximum Gasteiger partial charge on any atom is 0.300 e. The smallest absolute Gasteiger partial charge is 0.300 e. The first-order valence-electron chi connectivity index (χ1n) is 3.86. The monoisotopic (exact) mass is 187 g/mol. The van der Waals surface area contributed by atoms with E-state index in [1.165, 1.54) is 24.5 Å². The van der Waals surface area contributed by atoms with Gasteiger partial charge in [0.15, 0.2) is 0 Å².